The summed E-state index contributed by atoms with van der Waals surface area (Å²) in [5.74, 6) is 0. The predicted octanol–water partition coefficient (Wildman–Crippen LogP) is 2.43. The lowest BCUT2D eigenvalue weighted by molar-refractivity contribution is -0.108. The van der Waals surface area contributed by atoms with Gasteiger partial charge in [0.1, 0.15) is 6.10 Å². The van der Waals surface area contributed by atoms with E-state index in [1.807, 2.05) is 0 Å². The van der Waals surface area contributed by atoms with Gasteiger partial charge in [-0.1, -0.05) is 31.8 Å². The molecule has 5 heteroatoms. The third kappa shape index (κ3) is 4.68. The van der Waals surface area contributed by atoms with Crippen LogP contribution in [0.2, 0.25) is 25.7 Å². The molecular weight excluding hydrogens is 260 g/mol. The Kier molecular flexibility index (Phi) is 5.20. The smallest absolute Gasteiger partial charge is 0.160 e. The van der Waals surface area contributed by atoms with Gasteiger partial charge >= 0.3 is 0 Å². The van der Waals surface area contributed by atoms with Gasteiger partial charge in [-0.25, -0.2) is 0 Å². The topological polar surface area (TPSA) is 36.9 Å². The number of rotatable bonds is 5. The molecule has 0 bridgehead atoms. The molecule has 0 aromatic heterocycles. The molecule has 2 aliphatic heterocycles. The van der Waals surface area contributed by atoms with Gasteiger partial charge in [-0.05, 0) is 6.04 Å². The van der Waals surface area contributed by atoms with E-state index < -0.39 is 8.07 Å². The Morgan fingerprint density at radius 1 is 1.16 bits per heavy atom. The van der Waals surface area contributed by atoms with Gasteiger partial charge in [-0.3, -0.25) is 0 Å². The summed E-state index contributed by atoms with van der Waals surface area (Å²) in [6.07, 6.45) is 5.20. The Morgan fingerprint density at radius 2 is 1.84 bits per heavy atom. The summed E-state index contributed by atoms with van der Waals surface area (Å²) in [6, 6.07) is 1.11. The fraction of sp³-hybridized carbons (Fsp3) is 0.857. The average molecular weight is 286 g/mol. The molecule has 0 aromatic rings. The summed E-state index contributed by atoms with van der Waals surface area (Å²) in [4.78, 5) is 0. The van der Waals surface area contributed by atoms with Crippen LogP contribution in [0.4, 0.5) is 0 Å². The monoisotopic (exact) mass is 286 g/mol. The number of hydrogen-bond donors (Lipinski definition) is 0. The summed E-state index contributed by atoms with van der Waals surface area (Å²) in [5.41, 5.74) is 0. The summed E-state index contributed by atoms with van der Waals surface area (Å²) in [6.45, 7) is 8.47. The van der Waals surface area contributed by atoms with Crippen molar-refractivity contribution in [2.24, 2.45) is 0 Å². The van der Waals surface area contributed by atoms with E-state index in [1.165, 1.54) is 0 Å². The van der Waals surface area contributed by atoms with Crippen molar-refractivity contribution < 1.29 is 18.9 Å². The maximum absolute atomic E-state index is 6.19. The van der Waals surface area contributed by atoms with Crippen LogP contribution in [0.15, 0.2) is 12.2 Å². The van der Waals surface area contributed by atoms with E-state index in [1.54, 1.807) is 7.11 Å². The highest BCUT2D eigenvalue weighted by Gasteiger charge is 2.33. The van der Waals surface area contributed by atoms with Crippen LogP contribution in [-0.4, -0.2) is 53.0 Å². The van der Waals surface area contributed by atoms with E-state index in [-0.39, 0.29) is 24.6 Å². The predicted molar refractivity (Wildman–Crippen MR) is 77.1 cm³/mol. The Bertz CT molecular complexity index is 307. The highest BCUT2D eigenvalue weighted by molar-refractivity contribution is 6.76. The maximum Gasteiger partial charge on any atom is 0.160 e. The molecule has 0 saturated carbocycles. The van der Waals surface area contributed by atoms with E-state index in [0.717, 1.165) is 12.5 Å². The van der Waals surface area contributed by atoms with Crippen molar-refractivity contribution >= 4 is 8.07 Å². The molecule has 0 radical (unpaired) electrons. The lowest BCUT2D eigenvalue weighted by atomic mass is 10.1. The molecule has 0 aromatic carbocycles. The first-order chi connectivity index (χ1) is 8.98. The number of methoxy groups -OCH3 is 1. The zero-order chi connectivity index (χ0) is 13.9. The third-order valence-corrected chi connectivity index (χ3v) is 5.06. The fourth-order valence-electron chi connectivity index (χ4n) is 2.57. The minimum atomic E-state index is -1.18. The van der Waals surface area contributed by atoms with E-state index in [4.69, 9.17) is 18.9 Å². The van der Waals surface area contributed by atoms with Crippen molar-refractivity contribution in [3.05, 3.63) is 12.2 Å². The van der Waals surface area contributed by atoms with Gasteiger partial charge in [0.25, 0.3) is 0 Å². The molecule has 2 rings (SSSR count). The Labute approximate surface area is 117 Å². The van der Waals surface area contributed by atoms with Gasteiger partial charge < -0.3 is 18.9 Å². The van der Waals surface area contributed by atoms with Crippen LogP contribution in [0.25, 0.3) is 0 Å². The second-order valence-corrected chi connectivity index (χ2v) is 12.0. The Balaban J connectivity index is 1.93. The standard InChI is InChI=1S/C14H26O4Si/c1-15-12-6-5-11(9-14-16-7-8-17-14)18-13(12)10-19(2,3)4/h5-6,11-14H,7-10H2,1-4H3/t11-,12-,13+/m0/s1. The second-order valence-electron chi connectivity index (χ2n) is 6.47. The first-order valence-electron chi connectivity index (χ1n) is 7.08. The molecule has 0 spiro atoms. The summed E-state index contributed by atoms with van der Waals surface area (Å²) in [5, 5.41) is 0. The van der Waals surface area contributed by atoms with Crippen LogP contribution in [-0.2, 0) is 18.9 Å². The lowest BCUT2D eigenvalue weighted by Crippen LogP contribution is -2.42. The van der Waals surface area contributed by atoms with E-state index in [9.17, 15) is 0 Å². The maximum atomic E-state index is 6.19. The molecule has 0 unspecified atom stereocenters. The molecule has 0 N–H and O–H groups in total. The van der Waals surface area contributed by atoms with Crippen LogP contribution in [0.3, 0.4) is 0 Å². The molecule has 0 amide bonds. The van der Waals surface area contributed by atoms with Crippen LogP contribution < -0.4 is 0 Å². The number of hydrogen-bond acceptors (Lipinski definition) is 4. The molecule has 1 saturated heterocycles. The zero-order valence-electron chi connectivity index (χ0n) is 12.4. The van der Waals surface area contributed by atoms with E-state index >= 15 is 0 Å². The minimum Gasteiger partial charge on any atom is -0.375 e. The first kappa shape index (κ1) is 15.2. The zero-order valence-corrected chi connectivity index (χ0v) is 13.4. The average Bonchev–Trinajstić information content (AvgIpc) is 2.80. The Hall–Kier alpha value is -0.203. The van der Waals surface area contributed by atoms with Gasteiger partial charge in [0.15, 0.2) is 6.29 Å². The van der Waals surface area contributed by atoms with Crippen molar-refractivity contribution in [3.63, 3.8) is 0 Å². The first-order valence-corrected chi connectivity index (χ1v) is 10.8. The highest BCUT2D eigenvalue weighted by atomic mass is 28.3. The molecule has 1 fully saturated rings. The normalized spacial score (nSPS) is 32.9. The van der Waals surface area contributed by atoms with Gasteiger partial charge in [-0.15, -0.1) is 0 Å². The highest BCUT2D eigenvalue weighted by Crippen LogP contribution is 2.26. The van der Waals surface area contributed by atoms with Crippen LogP contribution >= 0.6 is 0 Å². The molecule has 0 aliphatic carbocycles. The van der Waals surface area contributed by atoms with Gasteiger partial charge in [0.2, 0.25) is 0 Å². The SMILES string of the molecule is CO[C@H]1C=C[C@@H](CC2OCCO2)O[C@@H]1C[Si](C)(C)C. The van der Waals surface area contributed by atoms with Crippen molar-refractivity contribution in [2.75, 3.05) is 20.3 Å². The summed E-state index contributed by atoms with van der Waals surface area (Å²) < 4.78 is 22.7. The van der Waals surface area contributed by atoms with E-state index in [0.29, 0.717) is 13.2 Å². The minimum absolute atomic E-state index is 0.0772. The quantitative estimate of drug-likeness (QED) is 0.574. The molecule has 3 atom stereocenters. The fourth-order valence-corrected chi connectivity index (χ4v) is 4.11. The van der Waals surface area contributed by atoms with Gasteiger partial charge in [0.05, 0.1) is 25.4 Å². The van der Waals surface area contributed by atoms with Crippen molar-refractivity contribution in [2.45, 2.75) is 56.7 Å². The molecule has 4 nitrogen and oxygen atoms in total. The summed E-state index contributed by atoms with van der Waals surface area (Å²) >= 11 is 0. The second kappa shape index (κ2) is 6.50. The van der Waals surface area contributed by atoms with E-state index in [2.05, 4.69) is 31.8 Å². The van der Waals surface area contributed by atoms with Crippen LogP contribution in [0.5, 0.6) is 0 Å². The third-order valence-electron chi connectivity index (χ3n) is 3.43. The van der Waals surface area contributed by atoms with Crippen molar-refractivity contribution in [3.8, 4) is 0 Å². The number of ether oxygens (including phenoxy) is 4. The van der Waals surface area contributed by atoms with Crippen LogP contribution in [0.1, 0.15) is 6.42 Å². The molecule has 2 heterocycles. The molecular formula is C14H26O4Si. The van der Waals surface area contributed by atoms with Gasteiger partial charge in [-0.2, -0.15) is 0 Å². The lowest BCUT2D eigenvalue weighted by Gasteiger charge is -2.35. The van der Waals surface area contributed by atoms with Crippen molar-refractivity contribution in [1.29, 1.82) is 0 Å². The summed E-state index contributed by atoms with van der Waals surface area (Å²) in [7, 11) is 0.571. The largest absolute Gasteiger partial charge is 0.375 e. The molecule has 19 heavy (non-hydrogen) atoms. The molecule has 110 valence electrons. The Morgan fingerprint density at radius 3 is 2.42 bits per heavy atom. The van der Waals surface area contributed by atoms with Crippen LogP contribution in [0, 0.1) is 0 Å². The van der Waals surface area contributed by atoms with Crippen molar-refractivity contribution in [1.82, 2.24) is 0 Å². The van der Waals surface area contributed by atoms with Gasteiger partial charge in [0, 0.05) is 21.6 Å². The molecule has 2 aliphatic rings.